The van der Waals surface area contributed by atoms with Crippen LogP contribution >= 0.6 is 0 Å². The van der Waals surface area contributed by atoms with Gasteiger partial charge in [0.25, 0.3) is 0 Å². The molecular weight excluding hydrogens is 376 g/mol. The van der Waals surface area contributed by atoms with Gasteiger partial charge in [-0.2, -0.15) is 0 Å². The van der Waals surface area contributed by atoms with Crippen molar-refractivity contribution < 1.29 is 0 Å². The molecule has 2 heteroatoms. The lowest BCUT2D eigenvalue weighted by atomic mass is 10.0. The van der Waals surface area contributed by atoms with Gasteiger partial charge in [-0.1, -0.05) is 105 Å². The van der Waals surface area contributed by atoms with Gasteiger partial charge in [0.1, 0.15) is 0 Å². The van der Waals surface area contributed by atoms with Gasteiger partial charge in [-0.25, -0.2) is 0 Å². The monoisotopic (exact) mass is 408 g/mol. The fourth-order valence-electron chi connectivity index (χ4n) is 4.03. The number of nitrogens with one attached hydrogen (secondary N) is 1. The van der Waals surface area contributed by atoms with E-state index in [4.69, 9.17) is 0 Å². The summed E-state index contributed by atoms with van der Waals surface area (Å²) in [5, 5.41) is 2.26. The number of anilines is 1. The van der Waals surface area contributed by atoms with Gasteiger partial charge in [0, 0.05) is 0 Å². The van der Waals surface area contributed by atoms with Crippen LogP contribution in [0, 0.1) is 0 Å². The van der Waals surface area contributed by atoms with Gasteiger partial charge < -0.3 is 0 Å². The lowest BCUT2D eigenvalue weighted by molar-refractivity contribution is 0.666. The van der Waals surface area contributed by atoms with Crippen molar-refractivity contribution in [3.05, 3.63) is 119 Å². The van der Waals surface area contributed by atoms with Crippen molar-refractivity contribution in [2.75, 3.05) is 5.01 Å². The van der Waals surface area contributed by atoms with Crippen LogP contribution in [0.15, 0.2) is 103 Å². The molecule has 0 saturated heterocycles. The van der Waals surface area contributed by atoms with E-state index in [1.165, 1.54) is 54.5 Å². The Bertz CT molecular complexity index is 988. The normalized spacial score (nSPS) is 15.8. The maximum absolute atomic E-state index is 3.61. The van der Waals surface area contributed by atoms with Crippen LogP contribution in [-0.2, 0) is 6.42 Å². The maximum Gasteiger partial charge on any atom is 0.0958 e. The van der Waals surface area contributed by atoms with Crippen LogP contribution in [0.5, 0.6) is 0 Å². The number of hydrogen-bond donors (Lipinski definition) is 1. The fourth-order valence-corrected chi connectivity index (χ4v) is 4.03. The quantitative estimate of drug-likeness (QED) is 0.369. The molecule has 0 aliphatic carbocycles. The van der Waals surface area contributed by atoms with Crippen LogP contribution in [0.4, 0.5) is 5.69 Å². The minimum absolute atomic E-state index is 0.159. The van der Waals surface area contributed by atoms with Gasteiger partial charge in [-0.15, -0.1) is 0 Å². The maximum atomic E-state index is 3.61. The van der Waals surface area contributed by atoms with Crippen molar-refractivity contribution in [3.63, 3.8) is 0 Å². The zero-order valence-electron chi connectivity index (χ0n) is 18.4. The molecule has 4 rings (SSSR count). The molecule has 0 fully saturated rings. The van der Waals surface area contributed by atoms with Gasteiger partial charge in [-0.05, 0) is 53.8 Å². The van der Waals surface area contributed by atoms with Crippen molar-refractivity contribution >= 4 is 11.8 Å². The second-order valence-corrected chi connectivity index (χ2v) is 8.18. The average Bonchev–Trinajstić information content (AvgIpc) is 3.27. The Balaban J connectivity index is 1.51. The van der Waals surface area contributed by atoms with E-state index in [-0.39, 0.29) is 6.04 Å². The second kappa shape index (κ2) is 10.7. The molecule has 0 radical (unpaired) electrons. The molecule has 1 aliphatic heterocycles. The molecule has 1 N–H and O–H groups in total. The van der Waals surface area contributed by atoms with Crippen LogP contribution < -0.4 is 10.4 Å². The summed E-state index contributed by atoms with van der Waals surface area (Å²) in [6.45, 7) is 2.26. The first-order chi connectivity index (χ1) is 15.3. The largest absolute Gasteiger partial charge is 0.298 e. The summed E-state index contributed by atoms with van der Waals surface area (Å²) in [6.07, 6.45) is 13.0. The minimum atomic E-state index is 0.159. The zero-order chi connectivity index (χ0) is 21.3. The van der Waals surface area contributed by atoms with E-state index in [1.807, 2.05) is 6.07 Å². The van der Waals surface area contributed by atoms with Crippen LogP contribution in [-0.4, -0.2) is 0 Å². The lowest BCUT2D eigenvalue weighted by Crippen LogP contribution is -2.34. The predicted molar refractivity (Wildman–Crippen MR) is 133 cm³/mol. The third kappa shape index (κ3) is 5.67. The van der Waals surface area contributed by atoms with Gasteiger partial charge in [-0.3, -0.25) is 10.4 Å². The van der Waals surface area contributed by atoms with E-state index in [2.05, 4.69) is 114 Å². The highest BCUT2D eigenvalue weighted by Gasteiger charge is 2.25. The van der Waals surface area contributed by atoms with Crippen molar-refractivity contribution in [2.24, 2.45) is 0 Å². The SMILES string of the molecule is CCCCCCc1ccc(N2NC(C=Cc3ccccc3)=CC2c2ccccc2)cc1. The smallest absolute Gasteiger partial charge is 0.0958 e. The standard InChI is InChI=1S/C29H32N2/c1-2-3-4-7-14-25-18-21-28(22-19-25)31-29(26-15-10-6-11-16-26)23-27(30-31)20-17-24-12-8-5-9-13-24/h5-6,8-13,15-23,29-30H,2-4,7,14H2,1H3. The number of nitrogens with zero attached hydrogens (tertiary/aromatic N) is 1. The Kier molecular flexibility index (Phi) is 7.23. The van der Waals surface area contributed by atoms with Crippen LogP contribution in [0.3, 0.4) is 0 Å². The molecule has 1 aliphatic rings. The van der Waals surface area contributed by atoms with Gasteiger partial charge >= 0.3 is 0 Å². The van der Waals surface area contributed by atoms with Crippen molar-refractivity contribution in [1.82, 2.24) is 5.43 Å². The molecular formula is C29H32N2. The highest BCUT2D eigenvalue weighted by molar-refractivity contribution is 5.58. The molecule has 2 nitrogen and oxygen atoms in total. The molecule has 1 atom stereocenters. The van der Waals surface area contributed by atoms with E-state index in [0.717, 1.165) is 5.70 Å². The number of aryl methyl sites for hydroxylation is 1. The van der Waals surface area contributed by atoms with Gasteiger partial charge in [0.05, 0.1) is 17.4 Å². The second-order valence-electron chi connectivity index (χ2n) is 8.18. The van der Waals surface area contributed by atoms with Gasteiger partial charge in [0.2, 0.25) is 0 Å². The molecule has 3 aromatic rings. The van der Waals surface area contributed by atoms with Crippen LogP contribution in [0.25, 0.3) is 6.08 Å². The molecule has 158 valence electrons. The Labute approximate surface area is 186 Å². The predicted octanol–water partition coefficient (Wildman–Crippen LogP) is 7.47. The summed E-state index contributed by atoms with van der Waals surface area (Å²) in [5.74, 6) is 0. The highest BCUT2D eigenvalue weighted by Crippen LogP contribution is 2.32. The number of rotatable bonds is 9. The number of hydrazine groups is 1. The fraction of sp³-hybridized carbons (Fsp3) is 0.241. The summed E-state index contributed by atoms with van der Waals surface area (Å²) in [5.41, 5.74) is 9.82. The zero-order valence-corrected chi connectivity index (χ0v) is 18.4. The Hall–Kier alpha value is -3.26. The molecule has 0 amide bonds. The van der Waals surface area contributed by atoms with Crippen molar-refractivity contribution in [1.29, 1.82) is 0 Å². The summed E-state index contributed by atoms with van der Waals surface area (Å²) in [7, 11) is 0. The van der Waals surface area contributed by atoms with E-state index >= 15 is 0 Å². The third-order valence-electron chi connectivity index (χ3n) is 5.79. The summed E-state index contributed by atoms with van der Waals surface area (Å²) >= 11 is 0. The Morgan fingerprint density at radius 2 is 1.48 bits per heavy atom. The number of allylic oxidation sites excluding steroid dienone is 1. The molecule has 0 aromatic heterocycles. The van der Waals surface area contributed by atoms with E-state index < -0.39 is 0 Å². The summed E-state index contributed by atoms with van der Waals surface area (Å²) in [4.78, 5) is 0. The molecule has 1 heterocycles. The third-order valence-corrected chi connectivity index (χ3v) is 5.79. The molecule has 31 heavy (non-hydrogen) atoms. The number of unbranched alkanes of at least 4 members (excludes halogenated alkanes) is 3. The highest BCUT2D eigenvalue weighted by atomic mass is 15.5. The molecule has 3 aromatic carbocycles. The molecule has 0 saturated carbocycles. The van der Waals surface area contributed by atoms with Crippen LogP contribution in [0.1, 0.15) is 55.3 Å². The number of hydrogen-bond acceptors (Lipinski definition) is 2. The first-order valence-electron chi connectivity index (χ1n) is 11.5. The number of benzene rings is 3. The molecule has 1 unspecified atom stereocenters. The Morgan fingerprint density at radius 1 is 0.774 bits per heavy atom. The average molecular weight is 409 g/mol. The summed E-state index contributed by atoms with van der Waals surface area (Å²) < 4.78 is 0. The molecule has 0 spiro atoms. The summed E-state index contributed by atoms with van der Waals surface area (Å²) in [6, 6.07) is 30.3. The first-order valence-corrected chi connectivity index (χ1v) is 11.5. The molecule has 0 bridgehead atoms. The lowest BCUT2D eigenvalue weighted by Gasteiger charge is -2.27. The van der Waals surface area contributed by atoms with E-state index in [9.17, 15) is 0 Å². The first kappa shape index (κ1) is 21.0. The van der Waals surface area contributed by atoms with E-state index in [0.29, 0.717) is 0 Å². The van der Waals surface area contributed by atoms with Gasteiger partial charge in [0.15, 0.2) is 0 Å². The van der Waals surface area contributed by atoms with Crippen molar-refractivity contribution in [2.45, 2.75) is 45.1 Å². The van der Waals surface area contributed by atoms with E-state index in [1.54, 1.807) is 0 Å². The minimum Gasteiger partial charge on any atom is -0.298 e. The Morgan fingerprint density at radius 3 is 2.19 bits per heavy atom. The van der Waals surface area contributed by atoms with Crippen LogP contribution in [0.2, 0.25) is 0 Å². The van der Waals surface area contributed by atoms with Crippen molar-refractivity contribution in [3.8, 4) is 0 Å². The topological polar surface area (TPSA) is 15.3 Å².